The van der Waals surface area contributed by atoms with Gasteiger partial charge in [-0.05, 0) is 46.0 Å². The first-order valence-corrected chi connectivity index (χ1v) is 7.61. The highest BCUT2D eigenvalue weighted by molar-refractivity contribution is 5.72. The van der Waals surface area contributed by atoms with Gasteiger partial charge in [0.1, 0.15) is 11.5 Å². The number of phenolic OH excluding ortho intramolecular Hbond substituents is 2. The van der Waals surface area contributed by atoms with Gasteiger partial charge in [-0.15, -0.1) is 0 Å². The molecule has 0 aliphatic heterocycles. The normalized spacial score (nSPS) is 11.0. The maximum Gasteiger partial charge on any atom is 0.155 e. The molecule has 3 aromatic carbocycles. The van der Waals surface area contributed by atoms with E-state index < -0.39 is 6.29 Å². The fraction of sp³-hybridized carbons (Fsp3) is 0.100. The summed E-state index contributed by atoms with van der Waals surface area (Å²) >= 11 is 0. The van der Waals surface area contributed by atoms with Gasteiger partial charge in [-0.2, -0.15) is 0 Å². The third kappa shape index (κ3) is 3.56. The van der Waals surface area contributed by atoms with E-state index in [2.05, 4.69) is 0 Å². The van der Waals surface area contributed by atoms with Crippen molar-refractivity contribution in [3.63, 3.8) is 0 Å². The molecule has 0 unspecified atom stereocenters. The first kappa shape index (κ1) is 16.1. The Labute approximate surface area is 139 Å². The molecule has 3 aromatic rings. The summed E-state index contributed by atoms with van der Waals surface area (Å²) in [5.74, 6) is 0.265. The van der Waals surface area contributed by atoms with Crippen molar-refractivity contribution in [1.29, 1.82) is 0 Å². The van der Waals surface area contributed by atoms with Crippen molar-refractivity contribution in [2.24, 2.45) is 0 Å². The molecule has 0 spiro atoms. The molecule has 0 fully saturated rings. The molecule has 0 atom stereocenters. The molecule has 0 saturated carbocycles. The van der Waals surface area contributed by atoms with Gasteiger partial charge < -0.3 is 20.4 Å². The van der Waals surface area contributed by atoms with E-state index in [1.54, 1.807) is 30.3 Å². The zero-order chi connectivity index (χ0) is 17.1. The van der Waals surface area contributed by atoms with E-state index >= 15 is 0 Å². The topological polar surface area (TPSA) is 80.9 Å². The lowest BCUT2D eigenvalue weighted by Gasteiger charge is -2.09. The van der Waals surface area contributed by atoms with Crippen molar-refractivity contribution in [3.8, 4) is 33.8 Å². The van der Waals surface area contributed by atoms with Crippen molar-refractivity contribution in [2.75, 3.05) is 0 Å². The van der Waals surface area contributed by atoms with Crippen LogP contribution in [-0.2, 0) is 6.42 Å². The molecule has 0 heterocycles. The van der Waals surface area contributed by atoms with E-state index in [-0.39, 0.29) is 17.9 Å². The molecular formula is C20H18O4. The molecule has 0 aliphatic rings. The zero-order valence-electron chi connectivity index (χ0n) is 12.9. The number of phenols is 2. The van der Waals surface area contributed by atoms with Crippen molar-refractivity contribution in [3.05, 3.63) is 72.3 Å². The number of rotatable bonds is 4. The maximum absolute atomic E-state index is 10.0. The Morgan fingerprint density at radius 2 is 1.25 bits per heavy atom. The molecule has 0 aliphatic carbocycles. The average molecular weight is 322 g/mol. The monoisotopic (exact) mass is 322 g/mol. The van der Waals surface area contributed by atoms with Crippen LogP contribution < -0.4 is 0 Å². The molecule has 0 amide bonds. The maximum atomic E-state index is 10.0. The van der Waals surface area contributed by atoms with Gasteiger partial charge in [0, 0.05) is 6.42 Å². The SMILES string of the molecule is Oc1cccc(-c2ccc(-c3ccc(CC(O)O)c(O)c3)cc2)c1. The summed E-state index contributed by atoms with van der Waals surface area (Å²) in [6, 6.07) is 20.0. The molecule has 122 valence electrons. The Hall–Kier alpha value is -2.82. The van der Waals surface area contributed by atoms with Crippen molar-refractivity contribution in [1.82, 2.24) is 0 Å². The Morgan fingerprint density at radius 1 is 0.667 bits per heavy atom. The molecular weight excluding hydrogens is 304 g/mol. The van der Waals surface area contributed by atoms with Gasteiger partial charge >= 0.3 is 0 Å². The van der Waals surface area contributed by atoms with E-state index in [1.807, 2.05) is 36.4 Å². The molecule has 3 rings (SSSR count). The van der Waals surface area contributed by atoms with Crippen molar-refractivity contribution >= 4 is 0 Å². The highest BCUT2D eigenvalue weighted by Crippen LogP contribution is 2.30. The lowest BCUT2D eigenvalue weighted by molar-refractivity contribution is -0.0384. The van der Waals surface area contributed by atoms with E-state index in [0.717, 1.165) is 22.3 Å². The minimum Gasteiger partial charge on any atom is -0.508 e. The number of hydrogen-bond donors (Lipinski definition) is 4. The first-order chi connectivity index (χ1) is 11.5. The van der Waals surface area contributed by atoms with Gasteiger partial charge in [-0.1, -0.05) is 48.5 Å². The highest BCUT2D eigenvalue weighted by atomic mass is 16.5. The van der Waals surface area contributed by atoms with E-state index in [1.165, 1.54) is 0 Å². The van der Waals surface area contributed by atoms with Gasteiger partial charge in [-0.25, -0.2) is 0 Å². The second-order valence-electron chi connectivity index (χ2n) is 5.66. The molecule has 0 aromatic heterocycles. The van der Waals surface area contributed by atoms with Crippen LogP contribution >= 0.6 is 0 Å². The van der Waals surface area contributed by atoms with Crippen LogP contribution in [-0.4, -0.2) is 26.7 Å². The lowest BCUT2D eigenvalue weighted by Crippen LogP contribution is -2.08. The quantitative estimate of drug-likeness (QED) is 0.556. The Balaban J connectivity index is 1.87. The van der Waals surface area contributed by atoms with Crippen LogP contribution in [0.1, 0.15) is 5.56 Å². The van der Waals surface area contributed by atoms with Gasteiger partial charge in [0.05, 0.1) is 0 Å². The fourth-order valence-electron chi connectivity index (χ4n) is 2.65. The molecule has 0 bridgehead atoms. The summed E-state index contributed by atoms with van der Waals surface area (Å²) < 4.78 is 0. The van der Waals surface area contributed by atoms with Crippen molar-refractivity contribution in [2.45, 2.75) is 12.7 Å². The van der Waals surface area contributed by atoms with Gasteiger partial charge in [0.2, 0.25) is 0 Å². The summed E-state index contributed by atoms with van der Waals surface area (Å²) in [5, 5.41) is 37.6. The average Bonchev–Trinajstić information content (AvgIpc) is 2.56. The third-order valence-corrected chi connectivity index (χ3v) is 3.89. The molecule has 4 N–H and O–H groups in total. The lowest BCUT2D eigenvalue weighted by atomic mass is 9.98. The summed E-state index contributed by atoms with van der Waals surface area (Å²) in [5.41, 5.74) is 4.18. The molecule has 4 heteroatoms. The van der Waals surface area contributed by atoms with Crippen LogP contribution in [0.15, 0.2) is 66.7 Å². The number of aromatic hydroxyl groups is 2. The van der Waals surface area contributed by atoms with Gasteiger partial charge in [0.15, 0.2) is 6.29 Å². The van der Waals surface area contributed by atoms with Crippen LogP contribution in [0, 0.1) is 0 Å². The smallest absolute Gasteiger partial charge is 0.155 e. The standard InChI is InChI=1S/C20H18O4/c21-18-3-1-2-15(10-18)13-4-6-14(7-5-13)16-8-9-17(12-20(23)24)19(22)11-16/h1-11,20-24H,12H2. The number of hydrogen-bond acceptors (Lipinski definition) is 4. The van der Waals surface area contributed by atoms with E-state index in [4.69, 9.17) is 10.2 Å². The molecule has 24 heavy (non-hydrogen) atoms. The van der Waals surface area contributed by atoms with Crippen LogP contribution in [0.5, 0.6) is 11.5 Å². The zero-order valence-corrected chi connectivity index (χ0v) is 12.9. The predicted molar refractivity (Wildman–Crippen MR) is 92.6 cm³/mol. The fourth-order valence-corrected chi connectivity index (χ4v) is 2.65. The third-order valence-electron chi connectivity index (χ3n) is 3.89. The molecule has 0 radical (unpaired) electrons. The summed E-state index contributed by atoms with van der Waals surface area (Å²) in [6.45, 7) is 0. The van der Waals surface area contributed by atoms with Crippen molar-refractivity contribution < 1.29 is 20.4 Å². The summed E-state index contributed by atoms with van der Waals surface area (Å²) in [4.78, 5) is 0. The highest BCUT2D eigenvalue weighted by Gasteiger charge is 2.08. The van der Waals surface area contributed by atoms with Crippen LogP contribution in [0.4, 0.5) is 0 Å². The first-order valence-electron chi connectivity index (χ1n) is 7.61. The minimum atomic E-state index is -1.48. The summed E-state index contributed by atoms with van der Waals surface area (Å²) in [6.07, 6.45) is -1.49. The Kier molecular flexibility index (Phi) is 4.51. The minimum absolute atomic E-state index is 0.0114. The number of aliphatic hydroxyl groups excluding tert-OH is 1. The van der Waals surface area contributed by atoms with E-state index in [0.29, 0.717) is 5.56 Å². The molecule has 4 nitrogen and oxygen atoms in total. The number of aliphatic hydroxyl groups is 2. The van der Waals surface area contributed by atoms with Gasteiger partial charge in [0.25, 0.3) is 0 Å². The Bertz CT molecular complexity index is 839. The van der Waals surface area contributed by atoms with Crippen LogP contribution in [0.25, 0.3) is 22.3 Å². The second kappa shape index (κ2) is 6.74. The van der Waals surface area contributed by atoms with Crippen LogP contribution in [0.3, 0.4) is 0 Å². The summed E-state index contributed by atoms with van der Waals surface area (Å²) in [7, 11) is 0. The van der Waals surface area contributed by atoms with Gasteiger partial charge in [-0.3, -0.25) is 0 Å². The number of benzene rings is 3. The largest absolute Gasteiger partial charge is 0.508 e. The second-order valence-corrected chi connectivity index (χ2v) is 5.66. The van der Waals surface area contributed by atoms with Crippen LogP contribution in [0.2, 0.25) is 0 Å². The van der Waals surface area contributed by atoms with E-state index in [9.17, 15) is 10.2 Å². The predicted octanol–water partition coefficient (Wildman–Crippen LogP) is 3.29. The Morgan fingerprint density at radius 3 is 1.79 bits per heavy atom. The molecule has 0 saturated heterocycles.